The molecule has 0 radical (unpaired) electrons. The number of benzene rings is 1. The predicted molar refractivity (Wildman–Crippen MR) is 89.5 cm³/mol. The van der Waals surface area contributed by atoms with Gasteiger partial charge in [0.15, 0.2) is 11.5 Å². The minimum atomic E-state index is -0.992. The second-order valence-electron chi connectivity index (χ2n) is 5.77. The molecule has 0 saturated carbocycles. The fourth-order valence-corrected chi connectivity index (χ4v) is 3.31. The van der Waals surface area contributed by atoms with Crippen LogP contribution in [0.3, 0.4) is 0 Å². The number of allylic oxidation sites excluding steroid dienone is 2. The minimum absolute atomic E-state index is 0.105. The summed E-state index contributed by atoms with van der Waals surface area (Å²) < 4.78 is 6.14. The molecule has 0 aromatic heterocycles. The molecular weight excluding hydrogens is 290 g/mol. The van der Waals surface area contributed by atoms with Gasteiger partial charge in [0, 0.05) is 19.0 Å². The molecule has 2 atom stereocenters. The van der Waals surface area contributed by atoms with Gasteiger partial charge in [-0.05, 0) is 25.5 Å². The minimum Gasteiger partial charge on any atom is -0.486 e. The molecule has 2 N–H and O–H groups in total. The van der Waals surface area contributed by atoms with Crippen LogP contribution < -0.4 is 5.73 Å². The van der Waals surface area contributed by atoms with E-state index in [1.807, 2.05) is 56.3 Å². The number of nitrogens with zero attached hydrogens (tertiary/aromatic N) is 2. The van der Waals surface area contributed by atoms with Crippen LogP contribution in [0.4, 0.5) is 0 Å². The summed E-state index contributed by atoms with van der Waals surface area (Å²) in [6, 6.07) is 9.89. The number of ether oxygens (including phenoxy) is 1. The standard InChI is InChI=1S/C18H21N3O2/c1-4-13-14(5-2)23-15(12-9-7-6-8-10-12)11-18(13)16(22)21(3)17(19)20-18/h4-10,15H,11H2,1-3H3,(H2,19,20). The van der Waals surface area contributed by atoms with Crippen molar-refractivity contribution in [1.29, 1.82) is 0 Å². The van der Waals surface area contributed by atoms with Gasteiger partial charge in [-0.25, -0.2) is 4.99 Å². The lowest BCUT2D eigenvalue weighted by Crippen LogP contribution is -2.47. The van der Waals surface area contributed by atoms with Crippen molar-refractivity contribution in [2.75, 3.05) is 7.05 Å². The van der Waals surface area contributed by atoms with Crippen molar-refractivity contribution in [1.82, 2.24) is 4.90 Å². The molecule has 1 aromatic carbocycles. The van der Waals surface area contributed by atoms with E-state index in [4.69, 9.17) is 10.5 Å². The van der Waals surface area contributed by atoms with E-state index in [-0.39, 0.29) is 18.0 Å². The van der Waals surface area contributed by atoms with Crippen LogP contribution in [0.5, 0.6) is 0 Å². The van der Waals surface area contributed by atoms with Crippen molar-refractivity contribution >= 4 is 11.9 Å². The molecule has 0 aliphatic carbocycles. The summed E-state index contributed by atoms with van der Waals surface area (Å²) in [7, 11) is 1.66. The molecular formula is C18H21N3O2. The number of amides is 1. The van der Waals surface area contributed by atoms with Crippen LogP contribution in [0, 0.1) is 0 Å². The Bertz CT molecular complexity index is 721. The average molecular weight is 311 g/mol. The van der Waals surface area contributed by atoms with Crippen LogP contribution in [0.15, 0.2) is 58.8 Å². The summed E-state index contributed by atoms with van der Waals surface area (Å²) in [5, 5.41) is 0. The van der Waals surface area contributed by atoms with Gasteiger partial charge in [0.2, 0.25) is 0 Å². The second kappa shape index (κ2) is 5.57. The predicted octanol–water partition coefficient (Wildman–Crippen LogP) is 2.52. The third-order valence-electron chi connectivity index (χ3n) is 4.49. The van der Waals surface area contributed by atoms with Crippen molar-refractivity contribution in [2.24, 2.45) is 10.7 Å². The molecule has 2 aliphatic rings. The van der Waals surface area contributed by atoms with E-state index < -0.39 is 5.54 Å². The Kier molecular flexibility index (Phi) is 3.72. The third-order valence-corrected chi connectivity index (χ3v) is 4.49. The van der Waals surface area contributed by atoms with Crippen molar-refractivity contribution in [3.05, 3.63) is 59.4 Å². The maximum absolute atomic E-state index is 12.9. The van der Waals surface area contributed by atoms with Gasteiger partial charge in [-0.2, -0.15) is 0 Å². The Hall–Kier alpha value is -2.56. The van der Waals surface area contributed by atoms with E-state index in [0.29, 0.717) is 12.2 Å². The Morgan fingerprint density at radius 2 is 2.00 bits per heavy atom. The number of rotatable bonds is 1. The molecule has 1 amide bonds. The third kappa shape index (κ3) is 2.23. The van der Waals surface area contributed by atoms with Gasteiger partial charge in [-0.3, -0.25) is 9.69 Å². The SMILES string of the molecule is CC=C1OC(c2ccccc2)CC2(N=C(N)N(C)C2=O)C1=CC. The Labute approximate surface area is 136 Å². The fourth-order valence-electron chi connectivity index (χ4n) is 3.31. The lowest BCUT2D eigenvalue weighted by molar-refractivity contribution is -0.131. The number of aliphatic imine (C=N–C) groups is 1. The van der Waals surface area contributed by atoms with Gasteiger partial charge in [0.05, 0.1) is 0 Å². The first-order valence-corrected chi connectivity index (χ1v) is 7.72. The van der Waals surface area contributed by atoms with Crippen LogP contribution >= 0.6 is 0 Å². The van der Waals surface area contributed by atoms with Crippen molar-refractivity contribution in [2.45, 2.75) is 31.9 Å². The molecule has 2 aliphatic heterocycles. The summed E-state index contributed by atoms with van der Waals surface area (Å²) in [4.78, 5) is 18.9. The maximum Gasteiger partial charge on any atom is 0.261 e. The van der Waals surface area contributed by atoms with Crippen molar-refractivity contribution in [3.8, 4) is 0 Å². The molecule has 3 rings (SSSR count). The zero-order valence-electron chi connectivity index (χ0n) is 13.6. The number of hydrogen-bond donors (Lipinski definition) is 1. The van der Waals surface area contributed by atoms with E-state index >= 15 is 0 Å². The summed E-state index contributed by atoms with van der Waals surface area (Å²) in [6.07, 6.45) is 3.98. The van der Waals surface area contributed by atoms with Gasteiger partial charge < -0.3 is 10.5 Å². The Morgan fingerprint density at radius 1 is 1.30 bits per heavy atom. The largest absolute Gasteiger partial charge is 0.486 e. The van der Waals surface area contributed by atoms with E-state index in [0.717, 1.165) is 11.1 Å². The summed E-state index contributed by atoms with van der Waals surface area (Å²) >= 11 is 0. The number of likely N-dealkylation sites (N-methyl/N-ethyl adjacent to an activating group) is 1. The van der Waals surface area contributed by atoms with Gasteiger partial charge in [0.1, 0.15) is 11.9 Å². The zero-order chi connectivity index (χ0) is 16.6. The van der Waals surface area contributed by atoms with E-state index in [2.05, 4.69) is 4.99 Å². The molecule has 5 nitrogen and oxygen atoms in total. The second-order valence-corrected chi connectivity index (χ2v) is 5.77. The highest BCUT2D eigenvalue weighted by Crippen LogP contribution is 2.47. The Morgan fingerprint density at radius 3 is 2.52 bits per heavy atom. The number of guanidine groups is 1. The lowest BCUT2D eigenvalue weighted by atomic mass is 9.79. The van der Waals surface area contributed by atoms with Crippen molar-refractivity contribution in [3.63, 3.8) is 0 Å². The maximum atomic E-state index is 12.9. The zero-order valence-corrected chi connectivity index (χ0v) is 13.6. The molecule has 2 unspecified atom stereocenters. The van der Waals surface area contributed by atoms with Gasteiger partial charge in [0.25, 0.3) is 5.91 Å². The van der Waals surface area contributed by atoms with E-state index in [1.54, 1.807) is 7.05 Å². The molecule has 1 spiro atoms. The molecule has 0 bridgehead atoms. The molecule has 1 aromatic rings. The first-order chi connectivity index (χ1) is 11.0. The van der Waals surface area contributed by atoms with Gasteiger partial charge in [-0.15, -0.1) is 0 Å². The van der Waals surface area contributed by atoms with Gasteiger partial charge in [-0.1, -0.05) is 36.4 Å². The Balaban J connectivity index is 2.12. The highest BCUT2D eigenvalue weighted by molar-refractivity contribution is 6.09. The molecule has 2 heterocycles. The van der Waals surface area contributed by atoms with Crippen LogP contribution in [-0.2, 0) is 9.53 Å². The van der Waals surface area contributed by atoms with E-state index in [9.17, 15) is 4.79 Å². The monoisotopic (exact) mass is 311 g/mol. The summed E-state index contributed by atoms with van der Waals surface area (Å²) in [5.41, 5.74) is 6.75. The number of carbonyl (C=O) groups excluding carboxylic acids is 1. The normalized spacial score (nSPS) is 30.9. The van der Waals surface area contributed by atoms with Gasteiger partial charge >= 0.3 is 0 Å². The summed E-state index contributed by atoms with van der Waals surface area (Å²) in [6.45, 7) is 3.79. The summed E-state index contributed by atoms with van der Waals surface area (Å²) in [5.74, 6) is 0.831. The first kappa shape index (κ1) is 15.3. The smallest absolute Gasteiger partial charge is 0.261 e. The highest BCUT2D eigenvalue weighted by atomic mass is 16.5. The van der Waals surface area contributed by atoms with E-state index in [1.165, 1.54) is 4.90 Å². The van der Waals surface area contributed by atoms with Crippen LogP contribution in [0.25, 0.3) is 0 Å². The van der Waals surface area contributed by atoms with Crippen LogP contribution in [0.1, 0.15) is 31.9 Å². The lowest BCUT2D eigenvalue weighted by Gasteiger charge is -2.38. The number of nitrogens with two attached hydrogens (primary N) is 1. The topological polar surface area (TPSA) is 67.9 Å². The molecule has 23 heavy (non-hydrogen) atoms. The van der Waals surface area contributed by atoms with Crippen molar-refractivity contribution < 1.29 is 9.53 Å². The van der Waals surface area contributed by atoms with Crippen LogP contribution in [0.2, 0.25) is 0 Å². The fraction of sp³-hybridized carbons (Fsp3) is 0.333. The molecule has 120 valence electrons. The average Bonchev–Trinajstić information content (AvgIpc) is 2.79. The van der Waals surface area contributed by atoms with Crippen LogP contribution in [-0.4, -0.2) is 29.4 Å². The molecule has 1 saturated heterocycles. The quantitative estimate of drug-likeness (QED) is 0.866. The molecule has 5 heteroatoms. The molecule has 1 fully saturated rings. The number of hydrogen-bond acceptors (Lipinski definition) is 4. The first-order valence-electron chi connectivity index (χ1n) is 7.72. The highest BCUT2D eigenvalue weighted by Gasteiger charge is 2.54. The number of carbonyl (C=O) groups is 1.